The second kappa shape index (κ2) is 13.4. The Morgan fingerprint density at radius 3 is 2.35 bits per heavy atom. The molecule has 1 aliphatic rings. The molecule has 34 heavy (non-hydrogen) atoms. The number of likely N-dealkylation sites (tertiary alicyclic amines) is 1. The van der Waals surface area contributed by atoms with Gasteiger partial charge in [-0.1, -0.05) is 58.0 Å². The van der Waals surface area contributed by atoms with E-state index in [0.29, 0.717) is 45.2 Å². The minimum absolute atomic E-state index is 0.197. The minimum Gasteiger partial charge on any atom is -0.382 e. The van der Waals surface area contributed by atoms with Gasteiger partial charge in [0, 0.05) is 19.1 Å². The van der Waals surface area contributed by atoms with E-state index < -0.39 is 30.1 Å². The Morgan fingerprint density at radius 1 is 1.09 bits per heavy atom. The van der Waals surface area contributed by atoms with Gasteiger partial charge in [-0.2, -0.15) is 0 Å². The lowest BCUT2D eigenvalue weighted by atomic mass is 9.99. The van der Waals surface area contributed by atoms with Gasteiger partial charge in [0.05, 0.1) is 0 Å². The highest BCUT2D eigenvalue weighted by molar-refractivity contribution is 5.93. The molecule has 0 aliphatic carbocycles. The first-order valence-corrected chi connectivity index (χ1v) is 12.5. The summed E-state index contributed by atoms with van der Waals surface area (Å²) in [5, 5.41) is 16.3. The third-order valence-corrected chi connectivity index (χ3v) is 6.14. The molecular weight excluding hydrogens is 432 g/mol. The molecule has 1 fully saturated rings. The van der Waals surface area contributed by atoms with E-state index in [-0.39, 0.29) is 23.7 Å². The van der Waals surface area contributed by atoms with Crippen LogP contribution in [0.2, 0.25) is 0 Å². The number of nitrogens with two attached hydrogens (primary N) is 1. The Balaban J connectivity index is 1.98. The maximum Gasteiger partial charge on any atom is 0.253 e. The molecule has 1 aliphatic heterocycles. The molecule has 0 bridgehead atoms. The molecule has 1 aromatic rings. The van der Waals surface area contributed by atoms with E-state index in [1.165, 1.54) is 4.90 Å². The molecule has 0 aromatic heterocycles. The summed E-state index contributed by atoms with van der Waals surface area (Å²) in [6, 6.07) is 7.81. The summed E-state index contributed by atoms with van der Waals surface area (Å²) in [5.41, 5.74) is 7.15. The second-order valence-electron chi connectivity index (χ2n) is 10.1. The molecule has 2 rings (SSSR count). The van der Waals surface area contributed by atoms with Crippen LogP contribution in [0.5, 0.6) is 0 Å². The third kappa shape index (κ3) is 8.40. The van der Waals surface area contributed by atoms with Gasteiger partial charge in [-0.3, -0.25) is 14.4 Å². The van der Waals surface area contributed by atoms with Gasteiger partial charge in [-0.05, 0) is 49.5 Å². The number of rotatable bonds is 12. The average Bonchev–Trinajstić information content (AvgIpc) is 3.27. The van der Waals surface area contributed by atoms with Crippen LogP contribution in [0, 0.1) is 11.8 Å². The molecular formula is C26H42N4O4. The van der Waals surface area contributed by atoms with Gasteiger partial charge in [-0.25, -0.2) is 0 Å². The second-order valence-corrected chi connectivity index (χ2v) is 10.1. The fourth-order valence-corrected chi connectivity index (χ4v) is 4.40. The summed E-state index contributed by atoms with van der Waals surface area (Å²) in [6.45, 7) is 8.80. The van der Waals surface area contributed by atoms with Crippen LogP contribution < -0.4 is 16.4 Å². The van der Waals surface area contributed by atoms with Crippen molar-refractivity contribution < 1.29 is 19.5 Å². The van der Waals surface area contributed by atoms with Crippen LogP contribution in [-0.4, -0.2) is 65.0 Å². The van der Waals surface area contributed by atoms with Gasteiger partial charge in [0.15, 0.2) is 0 Å². The third-order valence-electron chi connectivity index (χ3n) is 6.14. The summed E-state index contributed by atoms with van der Waals surface area (Å²) >= 11 is 0. The Bertz CT molecular complexity index is 799. The van der Waals surface area contributed by atoms with Gasteiger partial charge in [0.25, 0.3) is 5.91 Å². The van der Waals surface area contributed by atoms with Crippen molar-refractivity contribution in [1.82, 2.24) is 15.5 Å². The van der Waals surface area contributed by atoms with Gasteiger partial charge in [0.1, 0.15) is 18.2 Å². The summed E-state index contributed by atoms with van der Waals surface area (Å²) in [7, 11) is 0. The lowest BCUT2D eigenvalue weighted by Gasteiger charge is -2.30. The zero-order valence-electron chi connectivity index (χ0n) is 21.0. The normalized spacial score (nSPS) is 18.6. The molecule has 1 saturated heterocycles. The number of nitrogens with one attached hydrogen (secondary N) is 2. The number of hydrogen-bond acceptors (Lipinski definition) is 5. The summed E-state index contributed by atoms with van der Waals surface area (Å²) < 4.78 is 0. The monoisotopic (exact) mass is 474 g/mol. The van der Waals surface area contributed by atoms with E-state index >= 15 is 0 Å². The van der Waals surface area contributed by atoms with Gasteiger partial charge in [0.2, 0.25) is 11.8 Å². The van der Waals surface area contributed by atoms with Gasteiger partial charge in [-0.15, -0.1) is 0 Å². The first kappa shape index (κ1) is 27.8. The quantitative estimate of drug-likeness (QED) is 0.366. The Morgan fingerprint density at radius 2 is 1.74 bits per heavy atom. The first-order valence-electron chi connectivity index (χ1n) is 12.5. The van der Waals surface area contributed by atoms with Crippen molar-refractivity contribution in [2.24, 2.45) is 17.6 Å². The summed E-state index contributed by atoms with van der Waals surface area (Å²) in [6.07, 6.45) is 1.52. The number of hydrogen-bond donors (Lipinski definition) is 4. The maximum absolute atomic E-state index is 13.1. The number of nitrogens with zero attached hydrogens (tertiary/aromatic N) is 1. The van der Waals surface area contributed by atoms with Crippen molar-refractivity contribution in [3.05, 3.63) is 35.9 Å². The van der Waals surface area contributed by atoms with Crippen molar-refractivity contribution in [2.45, 2.75) is 84.0 Å². The van der Waals surface area contributed by atoms with Crippen molar-refractivity contribution >= 4 is 17.7 Å². The highest BCUT2D eigenvalue weighted by Crippen LogP contribution is 2.21. The minimum atomic E-state index is -1.34. The van der Waals surface area contributed by atoms with E-state index in [1.807, 2.05) is 58.0 Å². The van der Waals surface area contributed by atoms with E-state index in [0.717, 1.165) is 5.56 Å². The van der Waals surface area contributed by atoms with Crippen molar-refractivity contribution in [3.63, 3.8) is 0 Å². The lowest BCUT2D eigenvalue weighted by molar-refractivity contribution is -0.146. The van der Waals surface area contributed by atoms with Crippen LogP contribution in [0.3, 0.4) is 0 Å². The molecule has 8 heteroatoms. The zero-order chi connectivity index (χ0) is 25.3. The summed E-state index contributed by atoms with van der Waals surface area (Å²) in [5.74, 6) is -0.666. The predicted molar refractivity (Wildman–Crippen MR) is 133 cm³/mol. The van der Waals surface area contributed by atoms with Crippen LogP contribution in [-0.2, 0) is 20.8 Å². The molecule has 5 N–H and O–H groups in total. The largest absolute Gasteiger partial charge is 0.382 e. The molecule has 0 radical (unpaired) electrons. The standard InChI is InChI=1S/C26H42N4O4/c1-17(2)15-20(27)23(31)26(34)30-14-8-11-22(30)25(33)29-21(16-18(3)4)24(32)28-13-12-19-9-6-5-7-10-19/h5-7,9-10,17-18,20-23,31H,8,11-16,27H2,1-4H3,(H,28,32)(H,29,33)/t20-,21+,22+,23+/m1/s1. The van der Waals surface area contributed by atoms with Crippen molar-refractivity contribution in [1.29, 1.82) is 0 Å². The first-order chi connectivity index (χ1) is 16.1. The lowest BCUT2D eigenvalue weighted by Crippen LogP contribution is -2.56. The molecule has 0 unspecified atom stereocenters. The smallest absolute Gasteiger partial charge is 0.253 e. The number of benzene rings is 1. The zero-order valence-corrected chi connectivity index (χ0v) is 21.0. The predicted octanol–water partition coefficient (Wildman–Crippen LogP) is 1.60. The Labute approximate surface area is 203 Å². The van der Waals surface area contributed by atoms with Crippen LogP contribution in [0.1, 0.15) is 58.9 Å². The molecule has 0 spiro atoms. The molecule has 1 heterocycles. The molecule has 0 saturated carbocycles. The van der Waals surface area contributed by atoms with Crippen LogP contribution in [0.4, 0.5) is 0 Å². The van der Waals surface area contributed by atoms with Crippen LogP contribution >= 0.6 is 0 Å². The Hall–Kier alpha value is -2.45. The highest BCUT2D eigenvalue weighted by Gasteiger charge is 2.39. The topological polar surface area (TPSA) is 125 Å². The molecule has 3 amide bonds. The summed E-state index contributed by atoms with van der Waals surface area (Å²) in [4.78, 5) is 40.3. The molecule has 190 valence electrons. The van der Waals surface area contributed by atoms with Gasteiger partial charge < -0.3 is 26.4 Å². The number of aliphatic hydroxyl groups excluding tert-OH is 1. The SMILES string of the molecule is CC(C)C[C@H](NC(=O)[C@@H]1CCCN1C(=O)[C@@H](O)[C@H](N)CC(C)C)C(=O)NCCc1ccccc1. The molecule has 4 atom stereocenters. The fraction of sp³-hybridized carbons (Fsp3) is 0.654. The van der Waals surface area contributed by atoms with Crippen LogP contribution in [0.15, 0.2) is 30.3 Å². The van der Waals surface area contributed by atoms with E-state index in [4.69, 9.17) is 5.73 Å². The maximum atomic E-state index is 13.1. The van der Waals surface area contributed by atoms with Crippen molar-refractivity contribution in [2.75, 3.05) is 13.1 Å². The van der Waals surface area contributed by atoms with E-state index in [9.17, 15) is 19.5 Å². The highest BCUT2D eigenvalue weighted by atomic mass is 16.3. The average molecular weight is 475 g/mol. The van der Waals surface area contributed by atoms with Crippen molar-refractivity contribution in [3.8, 4) is 0 Å². The number of amides is 3. The Kier molecular flexibility index (Phi) is 11.0. The van der Waals surface area contributed by atoms with E-state index in [1.54, 1.807) is 0 Å². The number of carbonyl (C=O) groups excluding carboxylic acids is 3. The molecule has 1 aromatic carbocycles. The van der Waals surface area contributed by atoms with Crippen LogP contribution in [0.25, 0.3) is 0 Å². The molecule has 8 nitrogen and oxygen atoms in total. The number of carbonyl (C=O) groups is 3. The van der Waals surface area contributed by atoms with Gasteiger partial charge >= 0.3 is 0 Å². The fourth-order valence-electron chi connectivity index (χ4n) is 4.40. The number of aliphatic hydroxyl groups is 1. The van der Waals surface area contributed by atoms with E-state index in [2.05, 4.69) is 10.6 Å².